The molecule has 5 heteroatoms. The van der Waals surface area contributed by atoms with E-state index in [9.17, 15) is 5.11 Å². The molecule has 0 radical (unpaired) electrons. The number of rotatable bonds is 4. The summed E-state index contributed by atoms with van der Waals surface area (Å²) in [6.07, 6.45) is 0.885. The van der Waals surface area contributed by atoms with Gasteiger partial charge < -0.3 is 10.4 Å². The number of aromatic nitrogens is 2. The van der Waals surface area contributed by atoms with Crippen molar-refractivity contribution in [2.75, 3.05) is 12.4 Å². The Hall–Kier alpha value is -1.81. The van der Waals surface area contributed by atoms with E-state index in [0.717, 1.165) is 23.5 Å². The minimum atomic E-state index is 0.0580. The molecule has 0 unspecified atom stereocenters. The van der Waals surface area contributed by atoms with Gasteiger partial charge >= 0.3 is 0 Å². The fourth-order valence-corrected chi connectivity index (χ4v) is 2.10. The lowest BCUT2D eigenvalue weighted by Gasteiger charge is -2.10. The number of nitrogens with one attached hydrogen (secondary N) is 1. The van der Waals surface area contributed by atoms with Gasteiger partial charge in [-0.1, -0.05) is 25.4 Å². The molecule has 0 aliphatic carbocycles. The fraction of sp³-hybridized carbons (Fsp3) is 0.333. The van der Waals surface area contributed by atoms with Crippen LogP contribution in [0.5, 0.6) is 5.75 Å². The molecule has 0 atom stereocenters. The number of hydrogen-bond acceptors (Lipinski definition) is 4. The fourth-order valence-electron chi connectivity index (χ4n) is 1.92. The number of phenols is 1. The molecule has 106 valence electrons. The van der Waals surface area contributed by atoms with Gasteiger partial charge in [-0.05, 0) is 30.5 Å². The van der Waals surface area contributed by atoms with Gasteiger partial charge in [-0.2, -0.15) is 0 Å². The summed E-state index contributed by atoms with van der Waals surface area (Å²) in [5.41, 5.74) is 1.77. The minimum Gasteiger partial charge on any atom is -0.506 e. The van der Waals surface area contributed by atoms with Gasteiger partial charge in [0.05, 0.1) is 5.02 Å². The molecule has 0 saturated heterocycles. The first-order chi connectivity index (χ1) is 9.49. The Labute approximate surface area is 123 Å². The monoisotopic (exact) mass is 291 g/mol. The largest absolute Gasteiger partial charge is 0.506 e. The topological polar surface area (TPSA) is 58.0 Å². The van der Waals surface area contributed by atoms with Gasteiger partial charge in [-0.25, -0.2) is 9.97 Å². The van der Waals surface area contributed by atoms with Crippen molar-refractivity contribution in [1.82, 2.24) is 9.97 Å². The number of hydrogen-bond donors (Lipinski definition) is 2. The Bertz CT molecular complexity index is 614. The third kappa shape index (κ3) is 3.39. The van der Waals surface area contributed by atoms with Gasteiger partial charge in [0.25, 0.3) is 0 Å². The van der Waals surface area contributed by atoms with E-state index in [4.69, 9.17) is 11.6 Å². The first kappa shape index (κ1) is 14.6. The predicted molar refractivity (Wildman–Crippen MR) is 82.2 cm³/mol. The molecule has 0 amide bonds. The van der Waals surface area contributed by atoms with Crippen LogP contribution < -0.4 is 5.32 Å². The zero-order valence-corrected chi connectivity index (χ0v) is 12.6. The summed E-state index contributed by atoms with van der Waals surface area (Å²) in [4.78, 5) is 9.01. The molecule has 0 saturated carbocycles. The van der Waals surface area contributed by atoms with Crippen molar-refractivity contribution in [3.8, 4) is 17.1 Å². The summed E-state index contributed by atoms with van der Waals surface area (Å²) < 4.78 is 0. The molecule has 20 heavy (non-hydrogen) atoms. The van der Waals surface area contributed by atoms with Crippen LogP contribution in [0.4, 0.5) is 5.82 Å². The van der Waals surface area contributed by atoms with Crippen molar-refractivity contribution < 1.29 is 5.11 Å². The van der Waals surface area contributed by atoms with Crippen LogP contribution in [-0.2, 0) is 6.42 Å². The molecular formula is C15H18ClN3O. The number of phenolic OH excluding ortho intramolecular Hbond substituents is 1. The van der Waals surface area contributed by atoms with Crippen LogP contribution in [0.15, 0.2) is 24.3 Å². The maximum absolute atomic E-state index is 9.48. The van der Waals surface area contributed by atoms with Crippen LogP contribution in [0.25, 0.3) is 11.4 Å². The zero-order valence-electron chi connectivity index (χ0n) is 11.8. The second-order valence-electron chi connectivity index (χ2n) is 5.08. The Morgan fingerprint density at radius 2 is 2.00 bits per heavy atom. The highest BCUT2D eigenvalue weighted by Crippen LogP contribution is 2.28. The second-order valence-corrected chi connectivity index (χ2v) is 5.49. The van der Waals surface area contributed by atoms with Crippen molar-refractivity contribution in [3.05, 3.63) is 35.0 Å². The Morgan fingerprint density at radius 3 is 2.60 bits per heavy atom. The van der Waals surface area contributed by atoms with Crippen LogP contribution >= 0.6 is 11.6 Å². The van der Waals surface area contributed by atoms with Gasteiger partial charge in [0.1, 0.15) is 11.6 Å². The lowest BCUT2D eigenvalue weighted by molar-refractivity contribution is 0.475. The summed E-state index contributed by atoms with van der Waals surface area (Å²) in [5, 5.41) is 12.8. The van der Waals surface area contributed by atoms with Crippen molar-refractivity contribution in [1.29, 1.82) is 0 Å². The molecule has 2 rings (SSSR count). The first-order valence-corrected chi connectivity index (χ1v) is 6.92. The van der Waals surface area contributed by atoms with Crippen molar-refractivity contribution >= 4 is 17.4 Å². The molecule has 2 aromatic rings. The Balaban J connectivity index is 2.46. The lowest BCUT2D eigenvalue weighted by atomic mass is 10.1. The van der Waals surface area contributed by atoms with E-state index in [0.29, 0.717) is 16.8 Å². The average molecular weight is 292 g/mol. The summed E-state index contributed by atoms with van der Waals surface area (Å²) in [7, 11) is 1.83. The van der Waals surface area contributed by atoms with E-state index >= 15 is 0 Å². The standard InChI is InChI=1S/C15H18ClN3O/c1-9(2)6-11-8-14(17-3)19-15(18-11)10-4-5-13(20)12(16)7-10/h4-5,7-9,20H,6H2,1-3H3,(H,17,18,19). The molecule has 0 spiro atoms. The maximum Gasteiger partial charge on any atom is 0.161 e. The highest BCUT2D eigenvalue weighted by Gasteiger charge is 2.09. The normalized spacial score (nSPS) is 10.8. The number of benzene rings is 1. The SMILES string of the molecule is CNc1cc(CC(C)C)nc(-c2ccc(O)c(Cl)c2)n1. The van der Waals surface area contributed by atoms with Gasteiger partial charge in [0.2, 0.25) is 0 Å². The van der Waals surface area contributed by atoms with E-state index in [1.165, 1.54) is 0 Å². The number of anilines is 1. The second kappa shape index (κ2) is 6.09. The van der Waals surface area contributed by atoms with Gasteiger partial charge in [0.15, 0.2) is 5.82 Å². The van der Waals surface area contributed by atoms with Crippen LogP contribution in [0.3, 0.4) is 0 Å². The molecule has 1 aromatic heterocycles. The minimum absolute atomic E-state index is 0.0580. The quantitative estimate of drug-likeness (QED) is 0.901. The van der Waals surface area contributed by atoms with E-state index in [2.05, 4.69) is 29.1 Å². The molecule has 4 nitrogen and oxygen atoms in total. The van der Waals surface area contributed by atoms with E-state index in [1.807, 2.05) is 13.1 Å². The first-order valence-electron chi connectivity index (χ1n) is 6.54. The van der Waals surface area contributed by atoms with Gasteiger partial charge in [0, 0.05) is 24.4 Å². The van der Waals surface area contributed by atoms with Crippen molar-refractivity contribution in [3.63, 3.8) is 0 Å². The number of halogens is 1. The van der Waals surface area contributed by atoms with Gasteiger partial charge in [-0.15, -0.1) is 0 Å². The molecule has 0 bridgehead atoms. The zero-order chi connectivity index (χ0) is 14.7. The van der Waals surface area contributed by atoms with Crippen LogP contribution in [-0.4, -0.2) is 22.1 Å². The lowest BCUT2D eigenvalue weighted by Crippen LogP contribution is -2.03. The van der Waals surface area contributed by atoms with Crippen molar-refractivity contribution in [2.45, 2.75) is 20.3 Å². The van der Waals surface area contributed by atoms with E-state index in [-0.39, 0.29) is 5.75 Å². The summed E-state index contributed by atoms with van der Waals surface area (Å²) in [6, 6.07) is 6.93. The van der Waals surface area contributed by atoms with Gasteiger partial charge in [-0.3, -0.25) is 0 Å². The van der Waals surface area contributed by atoms with E-state index < -0.39 is 0 Å². The Kier molecular flexibility index (Phi) is 4.45. The highest BCUT2D eigenvalue weighted by atomic mass is 35.5. The Morgan fingerprint density at radius 1 is 1.25 bits per heavy atom. The molecule has 1 heterocycles. The summed E-state index contributed by atoms with van der Waals surface area (Å²) in [6.45, 7) is 4.30. The molecule has 0 aliphatic rings. The van der Waals surface area contributed by atoms with Crippen molar-refractivity contribution in [2.24, 2.45) is 5.92 Å². The average Bonchev–Trinajstić information content (AvgIpc) is 2.40. The third-order valence-corrected chi connectivity index (χ3v) is 3.16. The molecule has 2 N–H and O–H groups in total. The highest BCUT2D eigenvalue weighted by molar-refractivity contribution is 6.32. The smallest absolute Gasteiger partial charge is 0.161 e. The molecule has 1 aromatic carbocycles. The van der Waals surface area contributed by atoms with E-state index in [1.54, 1.807) is 18.2 Å². The number of aromatic hydroxyl groups is 1. The third-order valence-electron chi connectivity index (χ3n) is 2.86. The molecule has 0 fully saturated rings. The number of nitrogens with zero attached hydrogens (tertiary/aromatic N) is 2. The molecule has 0 aliphatic heterocycles. The maximum atomic E-state index is 9.48. The van der Waals surface area contributed by atoms with Crippen LogP contribution in [0, 0.1) is 5.92 Å². The van der Waals surface area contributed by atoms with Crippen LogP contribution in [0.2, 0.25) is 5.02 Å². The van der Waals surface area contributed by atoms with Crippen LogP contribution in [0.1, 0.15) is 19.5 Å². The summed E-state index contributed by atoms with van der Waals surface area (Å²) in [5.74, 6) is 1.96. The predicted octanol–water partition coefficient (Wildman–Crippen LogP) is 3.74. The molecular weight excluding hydrogens is 274 g/mol. The summed E-state index contributed by atoms with van der Waals surface area (Å²) >= 11 is 5.94.